The van der Waals surface area contributed by atoms with Crippen molar-refractivity contribution in [3.8, 4) is 12.3 Å². The molecular weight excluding hydrogens is 525 g/mol. The molecule has 1 fully saturated rings. The quantitative estimate of drug-likeness (QED) is 0.169. The van der Waals surface area contributed by atoms with Gasteiger partial charge in [0, 0.05) is 0 Å². The molecule has 0 spiro atoms. The number of aliphatic hydroxyl groups excluding tert-OH is 2. The molecule has 4 unspecified atom stereocenters. The topological polar surface area (TPSA) is 279 Å². The van der Waals surface area contributed by atoms with Crippen LogP contribution in [-0.4, -0.2) is 61.2 Å². The molecule has 0 aliphatic carbocycles. The Kier molecular flexibility index (Phi) is 7.92. The summed E-state index contributed by atoms with van der Waals surface area (Å²) in [5, 5.41) is 22.0. The third kappa shape index (κ3) is 6.25. The summed E-state index contributed by atoms with van der Waals surface area (Å²) in [6.45, 7) is -1.68. The first-order valence-corrected chi connectivity index (χ1v) is 13.4. The number of nitrogens with two attached hydrogens (primary N) is 1. The second kappa shape index (κ2) is 10.1. The smallest absolute Gasteiger partial charge is 0.280 e. The molecule has 0 radical (unpaired) electrons. The van der Waals surface area contributed by atoms with Gasteiger partial charge in [0.15, 0.2) is 17.7 Å². The van der Waals surface area contributed by atoms with Gasteiger partial charge in [-0.05, 0) is 0 Å². The van der Waals surface area contributed by atoms with Crippen LogP contribution in [0.15, 0.2) is 12.7 Å². The Labute approximate surface area is 190 Å². The maximum Gasteiger partial charge on any atom is 0.280 e. The Morgan fingerprint density at radius 2 is 1.88 bits per heavy atom. The molecule has 2 aromatic heterocycles. The van der Waals surface area contributed by atoms with Crippen molar-refractivity contribution >= 4 is 40.4 Å². The van der Waals surface area contributed by atoms with Crippen molar-refractivity contribution < 1.29 is 56.5 Å². The third-order valence-corrected chi connectivity index (χ3v) is 8.45. The fourth-order valence-electron chi connectivity index (χ4n) is 2.78. The van der Waals surface area contributed by atoms with E-state index in [0.29, 0.717) is 0 Å². The van der Waals surface area contributed by atoms with Gasteiger partial charge in [0.1, 0.15) is 30.2 Å². The van der Waals surface area contributed by atoms with Gasteiger partial charge in [0.2, 0.25) is 7.75 Å². The van der Waals surface area contributed by atoms with Gasteiger partial charge < -0.3 is 39.9 Å². The number of aliphatic hydroxyl groups is 2. The minimum atomic E-state index is -6.00. The molecule has 7 atom stereocenters. The standard InChI is InChI=1S/C13H19N6O12P3/c1-2-3-18-32(22,23)30-34(26,27)31-33(24,25)28-4-7-9(20)10(21)13(29-7)19-6-17-8-11(14)15-5-16-12(8)19/h1,5-7,9-10,13,20-21H,3-4H2,(H,24,25)(H,26,27)(H2,14,15,16)(H2,18,22,23)/p-3/t7-,9+,10?,13-/m1/s1. The van der Waals surface area contributed by atoms with E-state index in [9.17, 15) is 38.6 Å². The van der Waals surface area contributed by atoms with E-state index >= 15 is 0 Å². The molecule has 18 nitrogen and oxygen atoms in total. The molecular formula is C13H16N6O12P3-3. The second-order valence-corrected chi connectivity index (χ2v) is 11.2. The van der Waals surface area contributed by atoms with Crippen LogP contribution < -0.4 is 25.5 Å². The zero-order valence-electron chi connectivity index (χ0n) is 16.6. The van der Waals surface area contributed by atoms with Gasteiger partial charge >= 0.3 is 0 Å². The molecule has 21 heteroatoms. The summed E-state index contributed by atoms with van der Waals surface area (Å²) in [5.41, 5.74) is 5.98. The van der Waals surface area contributed by atoms with Gasteiger partial charge in [-0.15, -0.1) is 6.42 Å². The number of imidazole rings is 1. The Balaban J connectivity index is 1.65. The molecule has 1 aliphatic heterocycles. The lowest BCUT2D eigenvalue weighted by atomic mass is 10.1. The van der Waals surface area contributed by atoms with Crippen LogP contribution in [0.1, 0.15) is 6.23 Å². The highest BCUT2D eigenvalue weighted by Crippen LogP contribution is 2.61. The molecule has 34 heavy (non-hydrogen) atoms. The molecule has 3 heterocycles. The van der Waals surface area contributed by atoms with Crippen LogP contribution in [0.2, 0.25) is 0 Å². The highest BCUT2D eigenvalue weighted by atomic mass is 31.3. The molecule has 0 amide bonds. The number of nitrogens with zero attached hydrogens (tertiary/aromatic N) is 4. The van der Waals surface area contributed by atoms with Crippen LogP contribution in [-0.2, 0) is 31.6 Å². The monoisotopic (exact) mass is 541 g/mol. The lowest BCUT2D eigenvalue weighted by Crippen LogP contribution is -2.34. The zero-order chi connectivity index (χ0) is 25.3. The Hall–Kier alpha value is -1.80. The fourth-order valence-corrected chi connectivity index (χ4v) is 6.24. The molecule has 188 valence electrons. The highest BCUT2D eigenvalue weighted by Gasteiger charge is 2.45. The van der Waals surface area contributed by atoms with Crippen molar-refractivity contribution in [2.45, 2.75) is 24.5 Å². The predicted octanol–water partition coefficient (Wildman–Crippen LogP) is -3.29. The van der Waals surface area contributed by atoms with Crippen molar-refractivity contribution in [2.75, 3.05) is 18.9 Å². The number of rotatable bonds is 10. The van der Waals surface area contributed by atoms with E-state index in [1.54, 1.807) is 0 Å². The van der Waals surface area contributed by atoms with Gasteiger partial charge in [0.25, 0.3) is 15.6 Å². The number of nitrogen functional groups attached to an aromatic ring is 1. The van der Waals surface area contributed by atoms with E-state index in [0.717, 1.165) is 6.33 Å². The van der Waals surface area contributed by atoms with Gasteiger partial charge in [0.05, 0.1) is 19.5 Å². The number of phosphoric acid groups is 2. The number of nitrogens with one attached hydrogen (secondary N) is 1. The van der Waals surface area contributed by atoms with E-state index in [-0.39, 0.29) is 17.0 Å². The number of hydrogen-bond donors (Lipinski definition) is 4. The normalized spacial score (nSPS) is 28.1. The zero-order valence-corrected chi connectivity index (χ0v) is 19.3. The minimum Gasteiger partial charge on any atom is -0.766 e. The maximum absolute atomic E-state index is 11.9. The van der Waals surface area contributed by atoms with Crippen LogP contribution >= 0.6 is 23.4 Å². The fraction of sp³-hybridized carbons (Fsp3) is 0.462. The highest BCUT2D eigenvalue weighted by molar-refractivity contribution is 7.66. The van der Waals surface area contributed by atoms with Crippen molar-refractivity contribution in [3.63, 3.8) is 0 Å². The summed E-state index contributed by atoms with van der Waals surface area (Å²) in [4.78, 5) is 46.5. The second-order valence-electron chi connectivity index (χ2n) is 6.52. The predicted molar refractivity (Wildman–Crippen MR) is 103 cm³/mol. The average molecular weight is 541 g/mol. The van der Waals surface area contributed by atoms with E-state index in [1.165, 1.54) is 16.0 Å². The molecule has 0 aromatic carbocycles. The lowest BCUT2D eigenvalue weighted by molar-refractivity contribution is -0.246. The summed E-state index contributed by atoms with van der Waals surface area (Å²) in [6.07, 6.45) is 0.925. The summed E-state index contributed by atoms with van der Waals surface area (Å²) >= 11 is 0. The van der Waals surface area contributed by atoms with E-state index in [4.69, 9.17) is 16.9 Å². The molecule has 1 aliphatic rings. The van der Waals surface area contributed by atoms with Gasteiger partial charge in [-0.3, -0.25) is 22.6 Å². The molecule has 1 saturated heterocycles. The number of phosphoric ester groups is 1. The van der Waals surface area contributed by atoms with Crippen LogP contribution in [0, 0.1) is 12.3 Å². The van der Waals surface area contributed by atoms with Crippen LogP contribution in [0.5, 0.6) is 0 Å². The number of ether oxygens (including phenoxy) is 1. The van der Waals surface area contributed by atoms with Gasteiger partial charge in [-0.2, -0.15) is 0 Å². The average Bonchev–Trinajstić information content (AvgIpc) is 3.26. The van der Waals surface area contributed by atoms with E-state index < -0.39 is 61.1 Å². The number of hydrogen-bond acceptors (Lipinski definition) is 16. The summed E-state index contributed by atoms with van der Waals surface area (Å²) < 4.78 is 53.2. The maximum atomic E-state index is 11.9. The summed E-state index contributed by atoms with van der Waals surface area (Å²) in [7, 11) is -17.1. The SMILES string of the molecule is C#CCNP(=O)([O-])OP(=O)([O-])OP(=O)([O-])OC[C@H]1O[C@@H](n2cnc3c(N)ncnc32)C(O)[C@H]1O. The molecule has 5 N–H and O–H groups in total. The van der Waals surface area contributed by atoms with E-state index in [2.05, 4.69) is 28.1 Å². The van der Waals surface area contributed by atoms with Crippen molar-refractivity contribution in [2.24, 2.45) is 0 Å². The first-order chi connectivity index (χ1) is 15.8. The third-order valence-electron chi connectivity index (χ3n) is 4.18. The van der Waals surface area contributed by atoms with E-state index in [1.807, 2.05) is 5.92 Å². The van der Waals surface area contributed by atoms with Crippen LogP contribution in [0.4, 0.5) is 5.82 Å². The van der Waals surface area contributed by atoms with Crippen molar-refractivity contribution in [1.82, 2.24) is 24.6 Å². The number of aromatic nitrogens is 4. The first kappa shape index (κ1) is 26.8. The molecule has 0 bridgehead atoms. The molecule has 0 saturated carbocycles. The largest absolute Gasteiger partial charge is 0.766 e. The van der Waals surface area contributed by atoms with Crippen LogP contribution in [0.25, 0.3) is 11.2 Å². The lowest BCUT2D eigenvalue weighted by Gasteiger charge is -2.34. The Bertz CT molecular complexity index is 1230. The summed E-state index contributed by atoms with van der Waals surface area (Å²) in [6, 6.07) is 0. The van der Waals surface area contributed by atoms with Crippen LogP contribution in [0.3, 0.4) is 0 Å². The number of fused-ring (bicyclic) bond motifs is 1. The Morgan fingerprint density at radius 1 is 1.18 bits per heavy atom. The van der Waals surface area contributed by atoms with Crippen molar-refractivity contribution in [3.05, 3.63) is 12.7 Å². The van der Waals surface area contributed by atoms with Gasteiger partial charge in [-0.1, -0.05) is 5.92 Å². The number of terminal acetylenes is 1. The first-order valence-electron chi connectivity index (χ1n) is 8.89. The minimum absolute atomic E-state index is 0.0301. The van der Waals surface area contributed by atoms with Gasteiger partial charge in [-0.25, -0.2) is 24.3 Å². The molecule has 2 aromatic rings. The van der Waals surface area contributed by atoms with Crippen molar-refractivity contribution in [1.29, 1.82) is 0 Å². The Morgan fingerprint density at radius 3 is 2.56 bits per heavy atom. The molecule has 3 rings (SSSR count). The number of anilines is 1. The summed E-state index contributed by atoms with van der Waals surface area (Å²) in [5.74, 6) is 1.86.